The SMILES string of the molecule is O=C(c1ccc(NS(=O)(=O)c2cccc3nsnc23)cc1)N1CCC(O)(Cc2ccccc2)CC1. The number of piperidine rings is 1. The van der Waals surface area contributed by atoms with Gasteiger partial charge in [0.2, 0.25) is 0 Å². The van der Waals surface area contributed by atoms with Crippen molar-refractivity contribution >= 4 is 44.4 Å². The number of nitrogens with one attached hydrogen (secondary N) is 1. The van der Waals surface area contributed by atoms with Crippen LogP contribution in [-0.4, -0.2) is 51.8 Å². The van der Waals surface area contributed by atoms with Crippen LogP contribution in [0, 0.1) is 0 Å². The van der Waals surface area contributed by atoms with Crippen molar-refractivity contribution in [1.82, 2.24) is 13.6 Å². The molecule has 3 aromatic carbocycles. The molecule has 4 aromatic rings. The summed E-state index contributed by atoms with van der Waals surface area (Å²) in [4.78, 5) is 14.8. The van der Waals surface area contributed by atoms with Crippen molar-refractivity contribution in [1.29, 1.82) is 0 Å². The van der Waals surface area contributed by atoms with E-state index in [1.54, 1.807) is 41.3 Å². The second-order valence-corrected chi connectivity index (χ2v) is 10.9. The maximum absolute atomic E-state index is 13.0. The zero-order valence-corrected chi connectivity index (χ0v) is 20.4. The molecule has 2 N–H and O–H groups in total. The van der Waals surface area contributed by atoms with Gasteiger partial charge in [-0.25, -0.2) is 8.42 Å². The number of likely N-dealkylation sites (tertiary alicyclic amines) is 1. The molecular weight excluding hydrogens is 484 g/mol. The van der Waals surface area contributed by atoms with Crippen molar-refractivity contribution in [3.63, 3.8) is 0 Å². The summed E-state index contributed by atoms with van der Waals surface area (Å²) in [5.41, 5.74) is 1.92. The van der Waals surface area contributed by atoms with Gasteiger partial charge in [0.15, 0.2) is 0 Å². The van der Waals surface area contributed by atoms with Crippen LogP contribution in [0.1, 0.15) is 28.8 Å². The summed E-state index contributed by atoms with van der Waals surface area (Å²) in [6.07, 6.45) is 1.57. The lowest BCUT2D eigenvalue weighted by atomic mass is 9.85. The highest BCUT2D eigenvalue weighted by Crippen LogP contribution is 2.28. The van der Waals surface area contributed by atoms with E-state index in [-0.39, 0.29) is 10.8 Å². The van der Waals surface area contributed by atoms with Crippen LogP contribution in [0.25, 0.3) is 11.0 Å². The van der Waals surface area contributed by atoms with E-state index in [4.69, 9.17) is 0 Å². The van der Waals surface area contributed by atoms with Crippen LogP contribution < -0.4 is 4.72 Å². The number of sulfonamides is 1. The number of hydrogen-bond acceptors (Lipinski definition) is 7. The van der Waals surface area contributed by atoms with Gasteiger partial charge in [-0.05, 0) is 54.8 Å². The second kappa shape index (κ2) is 9.37. The summed E-state index contributed by atoms with van der Waals surface area (Å²) < 4.78 is 36.5. The lowest BCUT2D eigenvalue weighted by Gasteiger charge is -2.38. The van der Waals surface area contributed by atoms with Crippen LogP contribution in [-0.2, 0) is 16.4 Å². The second-order valence-electron chi connectivity index (χ2n) is 8.75. The number of anilines is 1. The molecule has 1 amide bonds. The molecule has 0 spiro atoms. The van der Waals surface area contributed by atoms with Crippen molar-refractivity contribution < 1.29 is 18.3 Å². The van der Waals surface area contributed by atoms with E-state index < -0.39 is 15.6 Å². The first-order chi connectivity index (χ1) is 16.8. The smallest absolute Gasteiger partial charge is 0.264 e. The molecule has 35 heavy (non-hydrogen) atoms. The van der Waals surface area contributed by atoms with Gasteiger partial charge in [0, 0.05) is 30.8 Å². The first-order valence-electron chi connectivity index (χ1n) is 11.2. The van der Waals surface area contributed by atoms with Gasteiger partial charge >= 0.3 is 0 Å². The third kappa shape index (κ3) is 5.04. The van der Waals surface area contributed by atoms with Crippen molar-refractivity contribution in [2.24, 2.45) is 0 Å². The van der Waals surface area contributed by atoms with Gasteiger partial charge in [-0.2, -0.15) is 8.75 Å². The Morgan fingerprint density at radius 2 is 1.69 bits per heavy atom. The fraction of sp³-hybridized carbons (Fsp3) is 0.240. The van der Waals surface area contributed by atoms with E-state index in [1.807, 2.05) is 30.3 Å². The van der Waals surface area contributed by atoms with E-state index in [9.17, 15) is 18.3 Å². The Balaban J connectivity index is 1.23. The van der Waals surface area contributed by atoms with E-state index in [0.29, 0.717) is 54.6 Å². The number of aliphatic hydroxyl groups is 1. The lowest BCUT2D eigenvalue weighted by Crippen LogP contribution is -2.47. The Labute approximate surface area is 207 Å². The Kier molecular flexibility index (Phi) is 6.26. The molecule has 5 rings (SSSR count). The first-order valence-corrected chi connectivity index (χ1v) is 13.4. The molecule has 0 unspecified atom stereocenters. The third-order valence-corrected chi connectivity index (χ3v) is 8.24. The van der Waals surface area contributed by atoms with Crippen molar-refractivity contribution in [3.05, 3.63) is 83.9 Å². The fourth-order valence-corrected chi connectivity index (χ4v) is 6.18. The van der Waals surface area contributed by atoms with Gasteiger partial charge < -0.3 is 10.0 Å². The lowest BCUT2D eigenvalue weighted by molar-refractivity contribution is -0.0162. The summed E-state index contributed by atoms with van der Waals surface area (Å²) in [5.74, 6) is -0.139. The molecule has 2 heterocycles. The number of amides is 1. The van der Waals surface area contributed by atoms with Crippen LogP contribution in [0.2, 0.25) is 0 Å². The van der Waals surface area contributed by atoms with Gasteiger partial charge in [-0.1, -0.05) is 36.4 Å². The minimum atomic E-state index is -3.87. The Morgan fingerprint density at radius 1 is 0.971 bits per heavy atom. The number of hydrogen-bond donors (Lipinski definition) is 2. The molecule has 0 aliphatic carbocycles. The van der Waals surface area contributed by atoms with Gasteiger partial charge in [-0.3, -0.25) is 9.52 Å². The summed E-state index contributed by atoms with van der Waals surface area (Å²) in [5, 5.41) is 11.0. The molecule has 1 fully saturated rings. The highest BCUT2D eigenvalue weighted by molar-refractivity contribution is 7.93. The van der Waals surface area contributed by atoms with Crippen molar-refractivity contribution in [2.75, 3.05) is 17.8 Å². The van der Waals surface area contributed by atoms with Crippen molar-refractivity contribution in [2.45, 2.75) is 29.8 Å². The van der Waals surface area contributed by atoms with E-state index in [2.05, 4.69) is 13.5 Å². The van der Waals surface area contributed by atoms with E-state index in [1.165, 1.54) is 6.07 Å². The molecule has 0 atom stereocenters. The molecule has 180 valence electrons. The van der Waals surface area contributed by atoms with Gasteiger partial charge in [0.1, 0.15) is 15.9 Å². The Morgan fingerprint density at radius 3 is 2.40 bits per heavy atom. The topological polar surface area (TPSA) is 112 Å². The molecule has 1 aliphatic heterocycles. The standard InChI is InChI=1S/C25H24N4O4S2/c30-24(29-15-13-25(31,14-16-29)17-18-5-2-1-3-6-18)19-9-11-20(12-10-19)28-35(32,33)22-8-4-7-21-23(22)27-34-26-21/h1-12,28,31H,13-17H2. The van der Waals surface area contributed by atoms with Crippen LogP contribution in [0.4, 0.5) is 5.69 Å². The van der Waals surface area contributed by atoms with Crippen LogP contribution in [0.3, 0.4) is 0 Å². The molecule has 10 heteroatoms. The predicted molar refractivity (Wildman–Crippen MR) is 135 cm³/mol. The van der Waals surface area contributed by atoms with E-state index >= 15 is 0 Å². The molecule has 1 aliphatic rings. The van der Waals surface area contributed by atoms with E-state index in [0.717, 1.165) is 17.3 Å². The summed E-state index contributed by atoms with van der Waals surface area (Å²) in [6, 6.07) is 21.0. The number of nitrogens with zero attached hydrogens (tertiary/aromatic N) is 3. The molecule has 1 aromatic heterocycles. The quantitative estimate of drug-likeness (QED) is 0.411. The highest BCUT2D eigenvalue weighted by atomic mass is 32.2. The Hall–Kier alpha value is -3.34. The molecular formula is C25H24N4O4S2. The molecule has 0 saturated carbocycles. The van der Waals surface area contributed by atoms with Gasteiger partial charge in [-0.15, -0.1) is 0 Å². The number of aromatic nitrogens is 2. The maximum Gasteiger partial charge on any atom is 0.264 e. The number of benzene rings is 3. The normalized spacial score (nSPS) is 15.7. The monoisotopic (exact) mass is 508 g/mol. The molecule has 0 bridgehead atoms. The van der Waals surface area contributed by atoms with Gasteiger partial charge in [0.25, 0.3) is 15.9 Å². The molecule has 0 radical (unpaired) electrons. The number of carbonyl (C=O) groups excluding carboxylic acids is 1. The number of carbonyl (C=O) groups is 1. The Bertz CT molecular complexity index is 1450. The van der Waals surface area contributed by atoms with Crippen LogP contribution in [0.5, 0.6) is 0 Å². The minimum absolute atomic E-state index is 0.0557. The summed E-state index contributed by atoms with van der Waals surface area (Å²) >= 11 is 0.958. The number of rotatable bonds is 6. The van der Waals surface area contributed by atoms with Gasteiger partial charge in [0.05, 0.1) is 17.3 Å². The predicted octanol–water partition coefficient (Wildman–Crippen LogP) is 3.70. The zero-order valence-electron chi connectivity index (χ0n) is 18.8. The average Bonchev–Trinajstić information content (AvgIpc) is 3.34. The number of fused-ring (bicyclic) bond motifs is 1. The molecule has 1 saturated heterocycles. The largest absolute Gasteiger partial charge is 0.389 e. The summed E-state index contributed by atoms with van der Waals surface area (Å²) in [7, 11) is -3.87. The minimum Gasteiger partial charge on any atom is -0.389 e. The van der Waals surface area contributed by atoms with Crippen LogP contribution >= 0.6 is 11.7 Å². The summed E-state index contributed by atoms with van der Waals surface area (Å²) in [6.45, 7) is 0.921. The first kappa shape index (κ1) is 23.4. The fourth-order valence-electron chi connectivity index (χ4n) is 4.35. The van der Waals surface area contributed by atoms with Crippen molar-refractivity contribution in [3.8, 4) is 0 Å². The molecule has 8 nitrogen and oxygen atoms in total. The highest BCUT2D eigenvalue weighted by Gasteiger charge is 2.34. The average molecular weight is 509 g/mol. The third-order valence-electron chi connectivity index (χ3n) is 6.28. The maximum atomic E-state index is 13.0. The zero-order chi connectivity index (χ0) is 24.5. The van der Waals surface area contributed by atoms with Crippen LogP contribution in [0.15, 0.2) is 77.7 Å².